The van der Waals surface area contributed by atoms with Gasteiger partial charge in [-0.25, -0.2) is 4.98 Å². The van der Waals surface area contributed by atoms with E-state index in [-0.39, 0.29) is 0 Å². The first-order chi connectivity index (χ1) is 22.7. The molecule has 4 heterocycles. The Labute approximate surface area is 263 Å². The van der Waals surface area contributed by atoms with E-state index >= 15 is 0 Å². The number of benzene rings is 5. The summed E-state index contributed by atoms with van der Waals surface area (Å²) in [6, 6.07) is 42.4. The van der Waals surface area contributed by atoms with Crippen molar-refractivity contribution in [1.29, 1.82) is 0 Å². The van der Waals surface area contributed by atoms with E-state index in [4.69, 9.17) is 23.7 Å². The summed E-state index contributed by atoms with van der Waals surface area (Å²) in [5.74, 6) is 2.01. The fourth-order valence-corrected chi connectivity index (χ4v) is 6.20. The van der Waals surface area contributed by atoms with Crippen LogP contribution in [0.15, 0.2) is 149 Å². The van der Waals surface area contributed by atoms with Crippen LogP contribution in [0.2, 0.25) is 0 Å². The number of para-hydroxylation sites is 3. The predicted octanol–water partition coefficient (Wildman–Crippen LogP) is 10.5. The minimum Gasteiger partial charge on any atom is -0.455 e. The Balaban J connectivity index is 1.29. The highest BCUT2D eigenvalue weighted by Crippen LogP contribution is 2.45. The molecule has 5 aromatic carbocycles. The second-order valence-electron chi connectivity index (χ2n) is 11.2. The lowest BCUT2D eigenvalue weighted by Crippen LogP contribution is -2.11. The van der Waals surface area contributed by atoms with Crippen LogP contribution in [0.4, 0.5) is 17.2 Å². The standard InChI is InChI=1S/C39H26N4O3/c1-42-20-18-33(41-42)32-24-27(23-31-29-14-6-7-15-34(29)45-38(31)32)44-36-22-26(21-30-28-13-5-8-16-35(28)46-39(30)36)43(25-11-3-2-4-12-25)37-17-9-10-19-40-37/h2-24H,1H3. The number of pyridine rings is 1. The lowest BCUT2D eigenvalue weighted by atomic mass is 10.1. The van der Waals surface area contributed by atoms with Crippen molar-refractivity contribution in [3.63, 3.8) is 0 Å². The summed E-state index contributed by atoms with van der Waals surface area (Å²) in [5.41, 5.74) is 6.53. The van der Waals surface area contributed by atoms with E-state index in [1.54, 1.807) is 10.9 Å². The molecule has 9 aromatic rings. The molecule has 0 bridgehead atoms. The van der Waals surface area contributed by atoms with Crippen molar-refractivity contribution in [2.45, 2.75) is 0 Å². The number of nitrogens with zero attached hydrogens (tertiary/aromatic N) is 4. The Morgan fingerprint density at radius 3 is 2.04 bits per heavy atom. The van der Waals surface area contributed by atoms with Crippen molar-refractivity contribution in [3.8, 4) is 22.8 Å². The maximum absolute atomic E-state index is 6.86. The average Bonchev–Trinajstić information content (AvgIpc) is 3.81. The average molecular weight is 599 g/mol. The molecule has 7 nitrogen and oxygen atoms in total. The normalized spacial score (nSPS) is 11.6. The van der Waals surface area contributed by atoms with Gasteiger partial charge in [-0.2, -0.15) is 5.10 Å². The molecule has 4 aromatic heterocycles. The minimum atomic E-state index is 0.583. The molecule has 0 aliphatic carbocycles. The molecular weight excluding hydrogens is 572 g/mol. The first-order valence-electron chi connectivity index (χ1n) is 15.0. The molecule has 0 saturated heterocycles. The third-order valence-electron chi connectivity index (χ3n) is 8.25. The lowest BCUT2D eigenvalue weighted by molar-refractivity contribution is 0.477. The number of aryl methyl sites for hydroxylation is 1. The van der Waals surface area contributed by atoms with Crippen LogP contribution < -0.4 is 9.64 Å². The van der Waals surface area contributed by atoms with Gasteiger partial charge < -0.3 is 13.6 Å². The fraction of sp³-hybridized carbons (Fsp3) is 0.0256. The van der Waals surface area contributed by atoms with Gasteiger partial charge in [-0.3, -0.25) is 9.58 Å². The van der Waals surface area contributed by atoms with Gasteiger partial charge in [0, 0.05) is 58.3 Å². The molecule has 0 radical (unpaired) electrons. The summed E-state index contributed by atoms with van der Waals surface area (Å²) in [6.07, 6.45) is 3.73. The molecule has 0 N–H and O–H groups in total. The topological polar surface area (TPSA) is 69.5 Å². The van der Waals surface area contributed by atoms with Crippen LogP contribution in [-0.4, -0.2) is 14.8 Å². The van der Waals surface area contributed by atoms with Gasteiger partial charge in [0.25, 0.3) is 0 Å². The lowest BCUT2D eigenvalue weighted by Gasteiger charge is -2.24. The van der Waals surface area contributed by atoms with Crippen molar-refractivity contribution in [2.75, 3.05) is 4.90 Å². The number of fused-ring (bicyclic) bond motifs is 6. The first kappa shape index (κ1) is 26.1. The molecule has 0 atom stereocenters. The molecule has 0 aliphatic rings. The molecule has 0 fully saturated rings. The Bertz CT molecular complexity index is 2490. The molecule has 0 saturated carbocycles. The number of ether oxygens (including phenoxy) is 1. The highest BCUT2D eigenvalue weighted by Gasteiger charge is 2.22. The van der Waals surface area contributed by atoms with Gasteiger partial charge in [-0.15, -0.1) is 0 Å². The van der Waals surface area contributed by atoms with Crippen molar-refractivity contribution in [1.82, 2.24) is 14.8 Å². The maximum atomic E-state index is 6.86. The van der Waals surface area contributed by atoms with Crippen LogP contribution in [0.1, 0.15) is 0 Å². The van der Waals surface area contributed by atoms with Crippen LogP contribution >= 0.6 is 0 Å². The zero-order valence-corrected chi connectivity index (χ0v) is 24.8. The zero-order valence-electron chi connectivity index (χ0n) is 24.8. The number of hydrogen-bond acceptors (Lipinski definition) is 6. The molecule has 9 rings (SSSR count). The SMILES string of the molecule is Cn1ccc(-c2cc(Oc3cc(N(c4ccccc4)c4ccccn4)cc4c3oc3ccccc34)cc3c2oc2ccccc23)n1. The smallest absolute Gasteiger partial charge is 0.178 e. The summed E-state index contributed by atoms with van der Waals surface area (Å²) >= 11 is 0. The fourth-order valence-electron chi connectivity index (χ4n) is 6.20. The summed E-state index contributed by atoms with van der Waals surface area (Å²) in [4.78, 5) is 6.85. The van der Waals surface area contributed by atoms with Gasteiger partial charge in [0.2, 0.25) is 0 Å². The molecule has 0 amide bonds. The predicted molar refractivity (Wildman–Crippen MR) is 182 cm³/mol. The quantitative estimate of drug-likeness (QED) is 0.190. The van der Waals surface area contributed by atoms with E-state index in [0.29, 0.717) is 17.1 Å². The molecule has 220 valence electrons. The molecule has 0 unspecified atom stereocenters. The van der Waals surface area contributed by atoms with Gasteiger partial charge in [0.15, 0.2) is 11.3 Å². The van der Waals surface area contributed by atoms with E-state index < -0.39 is 0 Å². The number of hydrogen-bond donors (Lipinski definition) is 0. The van der Waals surface area contributed by atoms with E-state index in [9.17, 15) is 0 Å². The molecule has 46 heavy (non-hydrogen) atoms. The van der Waals surface area contributed by atoms with E-state index in [1.807, 2.05) is 110 Å². The van der Waals surface area contributed by atoms with Gasteiger partial charge in [-0.1, -0.05) is 60.7 Å². The second-order valence-corrected chi connectivity index (χ2v) is 11.2. The van der Waals surface area contributed by atoms with E-state index in [0.717, 1.165) is 66.7 Å². The van der Waals surface area contributed by atoms with Crippen LogP contribution in [0.5, 0.6) is 11.5 Å². The minimum absolute atomic E-state index is 0.583. The summed E-state index contributed by atoms with van der Waals surface area (Å²) in [7, 11) is 1.91. The van der Waals surface area contributed by atoms with Crippen LogP contribution in [0.3, 0.4) is 0 Å². The molecular formula is C39H26N4O3. The van der Waals surface area contributed by atoms with Crippen molar-refractivity contribution in [2.24, 2.45) is 7.05 Å². The molecule has 0 spiro atoms. The highest BCUT2D eigenvalue weighted by molar-refractivity contribution is 6.11. The Hall–Kier alpha value is -6.34. The molecule has 0 aliphatic heterocycles. The summed E-state index contributed by atoms with van der Waals surface area (Å²) in [5, 5.41) is 8.61. The number of furan rings is 2. The monoisotopic (exact) mass is 598 g/mol. The van der Waals surface area contributed by atoms with Crippen molar-refractivity contribution in [3.05, 3.63) is 140 Å². The molecule has 7 heteroatoms. The highest BCUT2D eigenvalue weighted by atomic mass is 16.5. The van der Waals surface area contributed by atoms with E-state index in [1.165, 1.54) is 0 Å². The van der Waals surface area contributed by atoms with Gasteiger partial charge in [0.1, 0.15) is 28.3 Å². The largest absolute Gasteiger partial charge is 0.455 e. The zero-order chi connectivity index (χ0) is 30.6. The Morgan fingerprint density at radius 2 is 1.33 bits per heavy atom. The summed E-state index contributed by atoms with van der Waals surface area (Å²) < 4.78 is 21.5. The maximum Gasteiger partial charge on any atom is 0.178 e. The number of rotatable bonds is 6. The van der Waals surface area contributed by atoms with Gasteiger partial charge in [0.05, 0.1) is 11.4 Å². The van der Waals surface area contributed by atoms with Crippen molar-refractivity contribution < 1.29 is 13.6 Å². The third kappa shape index (κ3) is 4.29. The number of anilines is 3. The Morgan fingerprint density at radius 1 is 0.630 bits per heavy atom. The van der Waals surface area contributed by atoms with E-state index in [2.05, 4.69) is 35.2 Å². The van der Waals surface area contributed by atoms with Gasteiger partial charge >= 0.3 is 0 Å². The second kappa shape index (κ2) is 10.4. The number of aromatic nitrogens is 3. The summed E-state index contributed by atoms with van der Waals surface area (Å²) in [6.45, 7) is 0. The van der Waals surface area contributed by atoms with Crippen LogP contribution in [0.25, 0.3) is 55.1 Å². The van der Waals surface area contributed by atoms with Gasteiger partial charge in [-0.05, 0) is 60.7 Å². The van der Waals surface area contributed by atoms with Crippen LogP contribution in [0, 0.1) is 0 Å². The Kier molecular flexibility index (Phi) is 5.89. The third-order valence-corrected chi connectivity index (χ3v) is 8.25. The first-order valence-corrected chi connectivity index (χ1v) is 15.0. The van der Waals surface area contributed by atoms with Crippen molar-refractivity contribution >= 4 is 61.1 Å². The van der Waals surface area contributed by atoms with Crippen LogP contribution in [-0.2, 0) is 7.05 Å².